The number of rotatable bonds is 5. The Kier molecular flexibility index (Phi) is 7.42. The Labute approximate surface area is 185 Å². The first-order valence-electron chi connectivity index (χ1n) is 10.6. The van der Waals surface area contributed by atoms with Gasteiger partial charge in [-0.15, -0.1) is 0 Å². The van der Waals surface area contributed by atoms with Gasteiger partial charge in [-0.3, -0.25) is 9.89 Å². The van der Waals surface area contributed by atoms with Gasteiger partial charge in [0.15, 0.2) is 5.96 Å². The van der Waals surface area contributed by atoms with Crippen LogP contribution in [0.3, 0.4) is 0 Å². The number of aliphatic imine (C=N–C) groups is 1. The third-order valence-electron chi connectivity index (χ3n) is 5.65. The van der Waals surface area contributed by atoms with Crippen molar-refractivity contribution in [2.24, 2.45) is 10.9 Å². The van der Waals surface area contributed by atoms with E-state index in [1.165, 1.54) is 18.4 Å². The maximum atomic E-state index is 6.26. The SMILES string of the molecule is CN=C(NCc1ncc(C(C)(C)C)o1)NCC1CCCN(C)C1c1cccc(Cl)c1. The molecule has 0 aliphatic carbocycles. The zero-order chi connectivity index (χ0) is 21.7. The minimum absolute atomic E-state index is 0.0481. The molecule has 1 aliphatic heterocycles. The number of likely N-dealkylation sites (tertiary alicyclic amines) is 1. The second-order valence-corrected chi connectivity index (χ2v) is 9.49. The summed E-state index contributed by atoms with van der Waals surface area (Å²) in [5.41, 5.74) is 1.22. The summed E-state index contributed by atoms with van der Waals surface area (Å²) in [6.07, 6.45) is 4.17. The number of hydrogen-bond donors (Lipinski definition) is 2. The van der Waals surface area contributed by atoms with Crippen molar-refractivity contribution in [1.29, 1.82) is 0 Å². The van der Waals surface area contributed by atoms with Crippen molar-refractivity contribution in [1.82, 2.24) is 20.5 Å². The summed E-state index contributed by atoms with van der Waals surface area (Å²) in [4.78, 5) is 11.2. The zero-order valence-electron chi connectivity index (χ0n) is 18.7. The van der Waals surface area contributed by atoms with Crippen molar-refractivity contribution < 1.29 is 4.42 Å². The molecule has 7 heteroatoms. The van der Waals surface area contributed by atoms with Crippen LogP contribution in [0.5, 0.6) is 0 Å². The molecule has 2 atom stereocenters. The molecular formula is C23H34ClN5O. The normalized spacial score (nSPS) is 20.9. The molecule has 0 bridgehead atoms. The molecule has 2 unspecified atom stereocenters. The number of guanidine groups is 1. The Morgan fingerprint density at radius 2 is 2.13 bits per heavy atom. The fraction of sp³-hybridized carbons (Fsp3) is 0.565. The van der Waals surface area contributed by atoms with E-state index in [2.05, 4.69) is 65.5 Å². The van der Waals surface area contributed by atoms with Crippen LogP contribution in [0, 0.1) is 5.92 Å². The molecule has 6 nitrogen and oxygen atoms in total. The van der Waals surface area contributed by atoms with Gasteiger partial charge >= 0.3 is 0 Å². The Morgan fingerprint density at radius 1 is 1.33 bits per heavy atom. The maximum Gasteiger partial charge on any atom is 0.213 e. The molecule has 0 amide bonds. The van der Waals surface area contributed by atoms with Gasteiger partial charge < -0.3 is 15.1 Å². The van der Waals surface area contributed by atoms with E-state index in [0.29, 0.717) is 24.4 Å². The lowest BCUT2D eigenvalue weighted by molar-refractivity contribution is 0.122. The first-order valence-corrected chi connectivity index (χ1v) is 11.0. The Morgan fingerprint density at radius 3 is 2.80 bits per heavy atom. The molecule has 1 saturated heterocycles. The first-order chi connectivity index (χ1) is 14.3. The van der Waals surface area contributed by atoms with Gasteiger partial charge in [0, 0.05) is 30.1 Å². The lowest BCUT2D eigenvalue weighted by atomic mass is 9.85. The predicted molar refractivity (Wildman–Crippen MR) is 123 cm³/mol. The van der Waals surface area contributed by atoms with Crippen LogP contribution >= 0.6 is 11.6 Å². The summed E-state index contributed by atoms with van der Waals surface area (Å²) in [5, 5.41) is 7.59. The Bertz CT molecular complexity index is 857. The van der Waals surface area contributed by atoms with E-state index >= 15 is 0 Å². The average Bonchev–Trinajstić information content (AvgIpc) is 3.18. The molecule has 0 radical (unpaired) electrons. The van der Waals surface area contributed by atoms with Gasteiger partial charge in [-0.05, 0) is 50.0 Å². The van der Waals surface area contributed by atoms with Crippen LogP contribution in [0.1, 0.15) is 56.9 Å². The smallest absolute Gasteiger partial charge is 0.213 e. The molecule has 1 fully saturated rings. The van der Waals surface area contributed by atoms with E-state index in [9.17, 15) is 0 Å². The Hall–Kier alpha value is -2.05. The highest BCUT2D eigenvalue weighted by atomic mass is 35.5. The average molecular weight is 432 g/mol. The lowest BCUT2D eigenvalue weighted by Crippen LogP contribution is -2.44. The fourth-order valence-corrected chi connectivity index (χ4v) is 4.24. The number of piperidine rings is 1. The summed E-state index contributed by atoms with van der Waals surface area (Å²) >= 11 is 6.26. The van der Waals surface area contributed by atoms with Crippen molar-refractivity contribution in [2.45, 2.75) is 51.6 Å². The molecule has 0 saturated carbocycles. The van der Waals surface area contributed by atoms with Crippen molar-refractivity contribution in [3.8, 4) is 0 Å². The molecule has 1 aromatic carbocycles. The van der Waals surface area contributed by atoms with E-state index in [1.807, 2.05) is 12.1 Å². The maximum absolute atomic E-state index is 6.26. The van der Waals surface area contributed by atoms with E-state index < -0.39 is 0 Å². The van der Waals surface area contributed by atoms with Gasteiger partial charge in [0.25, 0.3) is 0 Å². The van der Waals surface area contributed by atoms with Gasteiger partial charge in [0.2, 0.25) is 5.89 Å². The number of aromatic nitrogens is 1. The largest absolute Gasteiger partial charge is 0.443 e. The number of hydrogen-bond acceptors (Lipinski definition) is 4. The number of nitrogens with zero attached hydrogens (tertiary/aromatic N) is 3. The summed E-state index contributed by atoms with van der Waals surface area (Å²) in [5.74, 6) is 2.77. The van der Waals surface area contributed by atoms with Crippen molar-refractivity contribution in [2.75, 3.05) is 27.2 Å². The van der Waals surface area contributed by atoms with Gasteiger partial charge in [-0.1, -0.05) is 44.5 Å². The zero-order valence-corrected chi connectivity index (χ0v) is 19.5. The molecule has 3 rings (SSSR count). The highest BCUT2D eigenvalue weighted by Gasteiger charge is 2.30. The second kappa shape index (κ2) is 9.84. The van der Waals surface area contributed by atoms with Crippen LogP contribution in [0.15, 0.2) is 39.9 Å². The third-order valence-corrected chi connectivity index (χ3v) is 5.89. The first kappa shape index (κ1) is 22.6. The van der Waals surface area contributed by atoms with Crippen LogP contribution in [0.2, 0.25) is 5.02 Å². The molecule has 1 aromatic heterocycles. The van der Waals surface area contributed by atoms with Gasteiger partial charge in [-0.2, -0.15) is 0 Å². The quantitative estimate of drug-likeness (QED) is 0.543. The standard InChI is InChI=1S/C23H34ClN5O/c1-23(2,3)19-14-26-20(30-19)15-28-22(25-4)27-13-17-9-7-11-29(5)21(17)16-8-6-10-18(24)12-16/h6,8,10,12,14,17,21H,7,9,11,13,15H2,1-5H3,(H2,25,27,28). The number of nitrogens with one attached hydrogen (secondary N) is 2. The second-order valence-electron chi connectivity index (χ2n) is 9.06. The van der Waals surface area contributed by atoms with Crippen LogP contribution in [-0.2, 0) is 12.0 Å². The van der Waals surface area contributed by atoms with Gasteiger partial charge in [0.05, 0.1) is 12.7 Å². The van der Waals surface area contributed by atoms with Crippen LogP contribution in [0.25, 0.3) is 0 Å². The van der Waals surface area contributed by atoms with Crippen LogP contribution in [-0.4, -0.2) is 43.0 Å². The minimum Gasteiger partial charge on any atom is -0.443 e. The summed E-state index contributed by atoms with van der Waals surface area (Å²) in [6.45, 7) is 8.77. The third kappa shape index (κ3) is 5.76. The lowest BCUT2D eigenvalue weighted by Gasteiger charge is -2.40. The minimum atomic E-state index is -0.0481. The molecule has 2 heterocycles. The molecule has 0 spiro atoms. The number of halogens is 1. The van der Waals surface area contributed by atoms with Gasteiger partial charge in [0.1, 0.15) is 5.76 Å². The van der Waals surface area contributed by atoms with Gasteiger partial charge in [-0.25, -0.2) is 4.98 Å². The highest BCUT2D eigenvalue weighted by molar-refractivity contribution is 6.30. The molecule has 2 aromatic rings. The molecule has 30 heavy (non-hydrogen) atoms. The molecule has 1 aliphatic rings. The summed E-state index contributed by atoms with van der Waals surface area (Å²) in [6, 6.07) is 8.56. The van der Waals surface area contributed by atoms with Crippen LogP contribution in [0.4, 0.5) is 0 Å². The van der Waals surface area contributed by atoms with Crippen molar-refractivity contribution in [3.63, 3.8) is 0 Å². The topological polar surface area (TPSA) is 65.7 Å². The highest BCUT2D eigenvalue weighted by Crippen LogP contribution is 2.35. The Balaban J connectivity index is 1.59. The molecular weight excluding hydrogens is 398 g/mol. The number of benzene rings is 1. The van der Waals surface area contributed by atoms with E-state index in [0.717, 1.165) is 29.8 Å². The summed E-state index contributed by atoms with van der Waals surface area (Å²) in [7, 11) is 3.98. The molecule has 2 N–H and O–H groups in total. The van der Waals surface area contributed by atoms with E-state index in [4.69, 9.17) is 16.0 Å². The van der Waals surface area contributed by atoms with Crippen LogP contribution < -0.4 is 10.6 Å². The fourth-order valence-electron chi connectivity index (χ4n) is 4.04. The van der Waals surface area contributed by atoms with Crippen molar-refractivity contribution >= 4 is 17.6 Å². The van der Waals surface area contributed by atoms with E-state index in [1.54, 1.807) is 13.2 Å². The summed E-state index contributed by atoms with van der Waals surface area (Å²) < 4.78 is 5.86. The predicted octanol–water partition coefficient (Wildman–Crippen LogP) is 4.37. The number of oxazole rings is 1. The molecule has 164 valence electrons. The monoisotopic (exact) mass is 431 g/mol. The van der Waals surface area contributed by atoms with E-state index in [-0.39, 0.29) is 5.41 Å². The van der Waals surface area contributed by atoms with Crippen molar-refractivity contribution in [3.05, 3.63) is 52.7 Å².